The maximum absolute atomic E-state index is 12.5. The summed E-state index contributed by atoms with van der Waals surface area (Å²) in [6.07, 6.45) is 0. The molecule has 1 N–H and O–H groups in total. The van der Waals surface area contributed by atoms with Crippen LogP contribution < -0.4 is 5.32 Å². The average molecular weight is 410 g/mol. The van der Waals surface area contributed by atoms with Crippen LogP contribution in [0.2, 0.25) is 0 Å². The first kappa shape index (κ1) is 18.7. The molecule has 0 saturated carbocycles. The lowest BCUT2D eigenvalue weighted by Gasteiger charge is -2.13. The fourth-order valence-corrected chi connectivity index (χ4v) is 4.41. The minimum absolute atomic E-state index is 0.0727. The molecule has 0 aliphatic rings. The highest BCUT2D eigenvalue weighted by Gasteiger charge is 2.15. The number of nitrogens with zero attached hydrogens (tertiary/aromatic N) is 2. The molecule has 2 aromatic carbocycles. The molecule has 0 fully saturated rings. The maximum atomic E-state index is 12.5. The number of thiazole rings is 1. The summed E-state index contributed by atoms with van der Waals surface area (Å²) >= 11 is 2.95. The summed E-state index contributed by atoms with van der Waals surface area (Å²) in [7, 11) is 0. The Morgan fingerprint density at radius 1 is 1.21 bits per heavy atom. The van der Waals surface area contributed by atoms with Crippen LogP contribution in [0.25, 0.3) is 11.1 Å². The summed E-state index contributed by atoms with van der Waals surface area (Å²) < 4.78 is 5.75. The van der Waals surface area contributed by atoms with Gasteiger partial charge in [-0.05, 0) is 37.1 Å². The number of carbonyl (C=O) groups excluding carboxylic acids is 1. The first-order valence-electron chi connectivity index (χ1n) is 8.89. The molecule has 4 aromatic rings. The van der Waals surface area contributed by atoms with Crippen molar-refractivity contribution in [3.63, 3.8) is 0 Å². The zero-order valence-corrected chi connectivity index (χ0v) is 17.1. The minimum Gasteiger partial charge on any atom is -0.431 e. The third kappa shape index (κ3) is 4.26. The molecule has 7 heteroatoms. The summed E-state index contributed by atoms with van der Waals surface area (Å²) in [5.41, 5.74) is 4.29. The monoisotopic (exact) mass is 409 g/mol. The van der Waals surface area contributed by atoms with Gasteiger partial charge in [0, 0.05) is 5.38 Å². The number of hydrogen-bond donors (Lipinski definition) is 1. The lowest BCUT2D eigenvalue weighted by molar-refractivity contribution is 0.0935. The minimum atomic E-state index is -0.166. The number of nitrogens with one attached hydrogen (secondary N) is 1. The number of hydrogen-bond acceptors (Lipinski definition) is 6. The molecular formula is C21H19N3O2S2. The maximum Gasteiger partial charge on any atom is 0.271 e. The third-order valence-electron chi connectivity index (χ3n) is 4.27. The Labute approximate surface area is 171 Å². The van der Waals surface area contributed by atoms with Crippen LogP contribution in [-0.2, 0) is 5.75 Å². The van der Waals surface area contributed by atoms with Gasteiger partial charge in [0.05, 0.1) is 11.8 Å². The van der Waals surface area contributed by atoms with Crippen molar-refractivity contribution in [2.24, 2.45) is 0 Å². The van der Waals surface area contributed by atoms with Crippen LogP contribution in [0, 0.1) is 6.92 Å². The van der Waals surface area contributed by atoms with Crippen LogP contribution in [0.1, 0.15) is 39.6 Å². The quantitative estimate of drug-likeness (QED) is 0.433. The Morgan fingerprint density at radius 3 is 2.86 bits per heavy atom. The number of rotatable bonds is 6. The van der Waals surface area contributed by atoms with Crippen molar-refractivity contribution < 1.29 is 9.21 Å². The standard InChI is InChI=1S/C21H19N3O2S2/c1-13-8-9-18-16(10-13)24-21(26-18)28-12-19-23-17(11-27-19)20(25)22-14(2)15-6-4-3-5-7-15/h3-11,14H,12H2,1-2H3,(H,22,25)/t14-/m0/s1. The van der Waals surface area contributed by atoms with Gasteiger partial charge < -0.3 is 9.73 Å². The molecule has 5 nitrogen and oxygen atoms in total. The molecule has 0 saturated heterocycles. The molecule has 28 heavy (non-hydrogen) atoms. The normalized spacial score (nSPS) is 12.2. The first-order valence-corrected chi connectivity index (χ1v) is 10.8. The lowest BCUT2D eigenvalue weighted by atomic mass is 10.1. The number of aromatic nitrogens is 2. The second-order valence-electron chi connectivity index (χ2n) is 6.47. The van der Waals surface area contributed by atoms with Gasteiger partial charge >= 0.3 is 0 Å². The Morgan fingerprint density at radius 2 is 2.04 bits per heavy atom. The molecule has 1 amide bonds. The van der Waals surface area contributed by atoms with Gasteiger partial charge in [-0.25, -0.2) is 9.97 Å². The van der Waals surface area contributed by atoms with E-state index in [1.54, 1.807) is 5.38 Å². The number of thioether (sulfide) groups is 1. The Kier molecular flexibility index (Phi) is 5.45. The molecule has 0 spiro atoms. The summed E-state index contributed by atoms with van der Waals surface area (Å²) in [4.78, 5) is 21.4. The third-order valence-corrected chi connectivity index (χ3v) is 6.15. The van der Waals surface area contributed by atoms with Crippen molar-refractivity contribution in [3.8, 4) is 0 Å². The van der Waals surface area contributed by atoms with Gasteiger partial charge in [-0.3, -0.25) is 4.79 Å². The van der Waals surface area contributed by atoms with Crippen molar-refractivity contribution in [1.82, 2.24) is 15.3 Å². The highest BCUT2D eigenvalue weighted by Crippen LogP contribution is 2.28. The van der Waals surface area contributed by atoms with E-state index in [9.17, 15) is 4.79 Å². The highest BCUT2D eigenvalue weighted by molar-refractivity contribution is 7.98. The molecule has 0 radical (unpaired) electrons. The molecule has 0 aliphatic heterocycles. The van der Waals surface area contributed by atoms with Crippen molar-refractivity contribution >= 4 is 40.1 Å². The Balaban J connectivity index is 1.37. The molecule has 2 aromatic heterocycles. The Hall–Kier alpha value is -2.64. The number of oxazole rings is 1. The predicted octanol–water partition coefficient (Wildman–Crippen LogP) is 5.38. The van der Waals surface area contributed by atoms with Gasteiger partial charge in [0.15, 0.2) is 5.58 Å². The first-order chi connectivity index (χ1) is 13.6. The lowest BCUT2D eigenvalue weighted by Crippen LogP contribution is -2.26. The summed E-state index contributed by atoms with van der Waals surface area (Å²) in [6, 6.07) is 15.7. The molecule has 0 unspecified atom stereocenters. The molecule has 0 aliphatic carbocycles. The van der Waals surface area contributed by atoms with Crippen molar-refractivity contribution in [3.05, 3.63) is 75.7 Å². The Bertz CT molecular complexity index is 1110. The van der Waals surface area contributed by atoms with Gasteiger partial charge in [0.25, 0.3) is 11.1 Å². The van der Waals surface area contributed by atoms with Crippen molar-refractivity contribution in [1.29, 1.82) is 0 Å². The van der Waals surface area contributed by atoms with Crippen LogP contribution in [0.4, 0.5) is 0 Å². The van der Waals surface area contributed by atoms with E-state index in [1.165, 1.54) is 23.1 Å². The van der Waals surface area contributed by atoms with Gasteiger partial charge in [-0.2, -0.15) is 0 Å². The number of aryl methyl sites for hydroxylation is 1. The molecule has 1 atom stereocenters. The summed E-state index contributed by atoms with van der Waals surface area (Å²) in [6.45, 7) is 3.99. The van der Waals surface area contributed by atoms with E-state index in [4.69, 9.17) is 4.42 Å². The van der Waals surface area contributed by atoms with Crippen LogP contribution in [0.15, 0.2) is 63.6 Å². The van der Waals surface area contributed by atoms with Crippen LogP contribution in [0.3, 0.4) is 0 Å². The zero-order valence-electron chi connectivity index (χ0n) is 15.5. The van der Waals surface area contributed by atoms with E-state index in [2.05, 4.69) is 15.3 Å². The van der Waals surface area contributed by atoms with Gasteiger partial charge in [-0.15, -0.1) is 11.3 Å². The predicted molar refractivity (Wildman–Crippen MR) is 113 cm³/mol. The number of fused-ring (bicyclic) bond motifs is 1. The topological polar surface area (TPSA) is 68.0 Å². The van der Waals surface area contributed by atoms with Crippen LogP contribution >= 0.6 is 23.1 Å². The van der Waals surface area contributed by atoms with Crippen LogP contribution in [0.5, 0.6) is 0 Å². The smallest absolute Gasteiger partial charge is 0.271 e. The molecule has 4 rings (SSSR count). The number of amides is 1. The zero-order chi connectivity index (χ0) is 19.5. The SMILES string of the molecule is Cc1ccc2oc(SCc3nc(C(=O)N[C@@H](C)c4ccccc4)cs3)nc2c1. The van der Waals surface area contributed by atoms with E-state index < -0.39 is 0 Å². The van der Waals surface area contributed by atoms with Gasteiger partial charge in [0.2, 0.25) is 0 Å². The second-order valence-corrected chi connectivity index (χ2v) is 8.34. The highest BCUT2D eigenvalue weighted by atomic mass is 32.2. The molecular weight excluding hydrogens is 390 g/mol. The number of benzene rings is 2. The largest absolute Gasteiger partial charge is 0.431 e. The molecule has 0 bridgehead atoms. The van der Waals surface area contributed by atoms with E-state index in [0.717, 1.165) is 27.2 Å². The van der Waals surface area contributed by atoms with E-state index >= 15 is 0 Å². The summed E-state index contributed by atoms with van der Waals surface area (Å²) in [5.74, 6) is 0.444. The fraction of sp³-hybridized carbons (Fsp3) is 0.190. The van der Waals surface area contributed by atoms with E-state index in [1.807, 2.05) is 62.4 Å². The molecule has 142 valence electrons. The van der Waals surface area contributed by atoms with E-state index in [-0.39, 0.29) is 11.9 Å². The summed E-state index contributed by atoms with van der Waals surface area (Å²) in [5, 5.41) is 6.25. The number of carbonyl (C=O) groups is 1. The van der Waals surface area contributed by atoms with Crippen molar-refractivity contribution in [2.75, 3.05) is 0 Å². The fourth-order valence-electron chi connectivity index (χ4n) is 2.78. The van der Waals surface area contributed by atoms with Crippen molar-refractivity contribution in [2.45, 2.75) is 30.9 Å². The molecule has 2 heterocycles. The van der Waals surface area contributed by atoms with Crippen LogP contribution in [-0.4, -0.2) is 15.9 Å². The second kappa shape index (κ2) is 8.16. The van der Waals surface area contributed by atoms with E-state index in [0.29, 0.717) is 16.7 Å². The van der Waals surface area contributed by atoms with Gasteiger partial charge in [-0.1, -0.05) is 48.2 Å². The average Bonchev–Trinajstić information content (AvgIpc) is 3.33. The van der Waals surface area contributed by atoms with Gasteiger partial charge in [0.1, 0.15) is 16.2 Å².